The fraction of sp³-hybridized carbons (Fsp3) is 0.174. The van der Waals surface area contributed by atoms with Gasteiger partial charge in [0.15, 0.2) is 10.9 Å². The minimum Gasteiger partial charge on any atom is -0.455 e. The highest BCUT2D eigenvalue weighted by Gasteiger charge is 2.28. The first-order chi connectivity index (χ1) is 15.4. The van der Waals surface area contributed by atoms with E-state index in [1.54, 1.807) is 6.92 Å². The van der Waals surface area contributed by atoms with Crippen molar-refractivity contribution in [3.8, 4) is 0 Å². The van der Waals surface area contributed by atoms with E-state index in [2.05, 4.69) is 21.2 Å². The van der Waals surface area contributed by atoms with E-state index in [-0.39, 0.29) is 11.4 Å². The number of para-hydroxylation sites is 1. The summed E-state index contributed by atoms with van der Waals surface area (Å²) in [4.78, 5) is 12.7. The molecule has 2 aromatic carbocycles. The second-order valence-corrected chi connectivity index (χ2v) is 7.68. The summed E-state index contributed by atoms with van der Waals surface area (Å²) in [5.41, 5.74) is 5.61. The number of fused-ring (bicyclic) bond motifs is 1. The zero-order valence-corrected chi connectivity index (χ0v) is 18.0. The smallest absolute Gasteiger partial charge is 0.291 e. The van der Waals surface area contributed by atoms with E-state index >= 15 is 0 Å². The molecular weight excluding hydrogens is 434 g/mol. The van der Waals surface area contributed by atoms with Gasteiger partial charge in [-0.05, 0) is 56.2 Å². The Morgan fingerprint density at radius 3 is 2.62 bits per heavy atom. The predicted octanol–water partition coefficient (Wildman–Crippen LogP) is 5.15. The molecule has 3 aromatic rings. The second kappa shape index (κ2) is 9.27. The average molecular weight is 455 g/mol. The summed E-state index contributed by atoms with van der Waals surface area (Å²) in [7, 11) is 0. The number of carbonyl (C=O) groups excluding carboxylic acids is 1. The molecule has 32 heavy (non-hydrogen) atoms. The number of hydrogen-bond donors (Lipinski definition) is 3. The maximum Gasteiger partial charge on any atom is 0.291 e. The SMILES string of the molecule is Cc1c(C(=O)Nc2ccc(F)cc2F)oc2c1/C(=N/NC(=S)Nc1ccccc1)CCC2. The first-order valence-corrected chi connectivity index (χ1v) is 10.4. The van der Waals surface area contributed by atoms with Crippen LogP contribution in [0.2, 0.25) is 0 Å². The van der Waals surface area contributed by atoms with Crippen LogP contribution in [0, 0.1) is 18.6 Å². The van der Waals surface area contributed by atoms with Gasteiger partial charge in [-0.2, -0.15) is 5.10 Å². The molecule has 4 rings (SSSR count). The average Bonchev–Trinajstić information content (AvgIpc) is 3.12. The van der Waals surface area contributed by atoms with Gasteiger partial charge in [0, 0.05) is 29.3 Å². The normalized spacial score (nSPS) is 14.0. The molecule has 1 amide bonds. The fourth-order valence-electron chi connectivity index (χ4n) is 3.57. The molecule has 1 heterocycles. The van der Waals surface area contributed by atoms with Crippen molar-refractivity contribution in [3.63, 3.8) is 0 Å². The predicted molar refractivity (Wildman–Crippen MR) is 123 cm³/mol. The molecule has 164 valence electrons. The monoisotopic (exact) mass is 454 g/mol. The van der Waals surface area contributed by atoms with Crippen molar-refractivity contribution in [2.45, 2.75) is 26.2 Å². The van der Waals surface area contributed by atoms with Crippen LogP contribution in [-0.4, -0.2) is 16.7 Å². The molecule has 1 aliphatic rings. The minimum absolute atomic E-state index is 0.0679. The number of amides is 1. The third kappa shape index (κ3) is 4.67. The van der Waals surface area contributed by atoms with Crippen LogP contribution in [0.1, 0.15) is 40.3 Å². The summed E-state index contributed by atoms with van der Waals surface area (Å²) in [5, 5.41) is 10.2. The molecule has 0 saturated carbocycles. The van der Waals surface area contributed by atoms with Gasteiger partial charge in [-0.1, -0.05) is 18.2 Å². The molecule has 6 nitrogen and oxygen atoms in total. The van der Waals surface area contributed by atoms with E-state index in [0.717, 1.165) is 35.5 Å². The van der Waals surface area contributed by atoms with Gasteiger partial charge in [-0.3, -0.25) is 10.2 Å². The van der Waals surface area contributed by atoms with E-state index in [1.165, 1.54) is 0 Å². The Balaban J connectivity index is 1.52. The quantitative estimate of drug-likeness (QED) is 0.376. The number of aryl methyl sites for hydroxylation is 1. The number of carbonyl (C=O) groups is 1. The molecule has 0 bridgehead atoms. The Bertz CT molecular complexity index is 1210. The molecule has 0 spiro atoms. The number of hydrogen-bond acceptors (Lipinski definition) is 4. The standard InChI is InChI=1S/C23H20F2N4O2S/c1-13-20-18(28-29-23(32)26-15-6-3-2-4-7-15)8-5-9-19(20)31-21(13)22(30)27-17-11-10-14(24)12-16(17)25/h2-4,6-7,10-12H,5,8-9H2,1H3,(H,27,30)(H2,26,29,32)/b28-18+. The summed E-state index contributed by atoms with van der Waals surface area (Å²) in [6, 6.07) is 12.4. The number of rotatable bonds is 4. The third-order valence-corrected chi connectivity index (χ3v) is 5.23. The Morgan fingerprint density at radius 2 is 1.88 bits per heavy atom. The van der Waals surface area contributed by atoms with Gasteiger partial charge >= 0.3 is 0 Å². The van der Waals surface area contributed by atoms with Crippen LogP contribution in [0.4, 0.5) is 20.2 Å². The lowest BCUT2D eigenvalue weighted by molar-refractivity contribution is 0.0993. The van der Waals surface area contributed by atoms with E-state index in [1.807, 2.05) is 30.3 Å². The lowest BCUT2D eigenvalue weighted by Crippen LogP contribution is -2.26. The first-order valence-electron chi connectivity index (χ1n) is 10.00. The number of halogens is 2. The van der Waals surface area contributed by atoms with Crippen LogP contribution < -0.4 is 16.1 Å². The van der Waals surface area contributed by atoms with Crippen molar-refractivity contribution >= 4 is 40.3 Å². The zero-order chi connectivity index (χ0) is 22.7. The first kappa shape index (κ1) is 21.6. The van der Waals surface area contributed by atoms with Crippen LogP contribution >= 0.6 is 12.2 Å². The molecule has 9 heteroatoms. The topological polar surface area (TPSA) is 78.7 Å². The maximum absolute atomic E-state index is 13.9. The van der Waals surface area contributed by atoms with Crippen LogP contribution in [0.15, 0.2) is 58.0 Å². The molecule has 0 saturated heterocycles. The molecule has 1 aromatic heterocycles. The van der Waals surface area contributed by atoms with Crippen molar-refractivity contribution in [3.05, 3.63) is 82.8 Å². The molecule has 3 N–H and O–H groups in total. The second-order valence-electron chi connectivity index (χ2n) is 7.28. The highest BCUT2D eigenvalue weighted by molar-refractivity contribution is 7.80. The van der Waals surface area contributed by atoms with Crippen LogP contribution in [0.5, 0.6) is 0 Å². The molecular formula is C23H20F2N4O2S. The Kier molecular flexibility index (Phi) is 6.27. The third-order valence-electron chi connectivity index (χ3n) is 5.04. The van der Waals surface area contributed by atoms with Crippen molar-refractivity contribution in [1.82, 2.24) is 5.43 Å². The zero-order valence-electron chi connectivity index (χ0n) is 17.2. The number of benzene rings is 2. The van der Waals surface area contributed by atoms with Gasteiger partial charge in [-0.15, -0.1) is 0 Å². The number of hydrazone groups is 1. The van der Waals surface area contributed by atoms with Crippen molar-refractivity contribution in [2.75, 3.05) is 10.6 Å². The summed E-state index contributed by atoms with van der Waals surface area (Å²) >= 11 is 5.30. The molecule has 0 aliphatic heterocycles. The number of thiocarbonyl (C=S) groups is 1. The molecule has 0 atom stereocenters. The fourth-order valence-corrected chi connectivity index (χ4v) is 3.73. The molecule has 0 radical (unpaired) electrons. The van der Waals surface area contributed by atoms with Gasteiger partial charge in [0.1, 0.15) is 17.4 Å². The Hall–Kier alpha value is -3.59. The molecule has 0 fully saturated rings. The van der Waals surface area contributed by atoms with Crippen LogP contribution in [0.3, 0.4) is 0 Å². The number of furan rings is 1. The van der Waals surface area contributed by atoms with Gasteiger partial charge < -0.3 is 15.1 Å². The highest BCUT2D eigenvalue weighted by Crippen LogP contribution is 2.30. The van der Waals surface area contributed by atoms with Gasteiger partial charge in [-0.25, -0.2) is 8.78 Å². The van der Waals surface area contributed by atoms with Crippen molar-refractivity contribution < 1.29 is 18.0 Å². The summed E-state index contributed by atoms with van der Waals surface area (Å²) in [5.74, 6) is -1.49. The summed E-state index contributed by atoms with van der Waals surface area (Å²) < 4.78 is 32.8. The maximum atomic E-state index is 13.9. The van der Waals surface area contributed by atoms with Crippen molar-refractivity contribution in [2.24, 2.45) is 5.10 Å². The molecule has 0 unspecified atom stereocenters. The van der Waals surface area contributed by atoms with E-state index in [9.17, 15) is 13.6 Å². The summed E-state index contributed by atoms with van der Waals surface area (Å²) in [6.07, 6.45) is 2.13. The number of nitrogens with zero attached hydrogens (tertiary/aromatic N) is 1. The van der Waals surface area contributed by atoms with Crippen molar-refractivity contribution in [1.29, 1.82) is 0 Å². The lowest BCUT2D eigenvalue weighted by atomic mass is 9.93. The highest BCUT2D eigenvalue weighted by atomic mass is 32.1. The van der Waals surface area contributed by atoms with Crippen LogP contribution in [-0.2, 0) is 6.42 Å². The van der Waals surface area contributed by atoms with E-state index < -0.39 is 17.5 Å². The largest absolute Gasteiger partial charge is 0.455 e. The lowest BCUT2D eigenvalue weighted by Gasteiger charge is -2.14. The molecule has 1 aliphatic carbocycles. The van der Waals surface area contributed by atoms with Gasteiger partial charge in [0.2, 0.25) is 0 Å². The number of anilines is 2. The van der Waals surface area contributed by atoms with Gasteiger partial charge in [0.25, 0.3) is 5.91 Å². The Labute approximate surface area is 188 Å². The Morgan fingerprint density at radius 1 is 1.09 bits per heavy atom. The van der Waals surface area contributed by atoms with Gasteiger partial charge in [0.05, 0.1) is 11.4 Å². The number of nitrogens with one attached hydrogen (secondary N) is 3. The van der Waals surface area contributed by atoms with E-state index in [0.29, 0.717) is 35.3 Å². The minimum atomic E-state index is -0.863. The van der Waals surface area contributed by atoms with Crippen LogP contribution in [0.25, 0.3) is 0 Å². The summed E-state index contributed by atoms with van der Waals surface area (Å²) in [6.45, 7) is 1.75. The van der Waals surface area contributed by atoms with E-state index in [4.69, 9.17) is 16.6 Å².